The molecule has 4 heteroatoms. The van der Waals surface area contributed by atoms with Crippen LogP contribution in [0.5, 0.6) is 5.75 Å². The Labute approximate surface area is 114 Å². The Morgan fingerprint density at radius 1 is 1.44 bits per heavy atom. The molecular formula is C14H23NO2S. The summed E-state index contributed by atoms with van der Waals surface area (Å²) in [6.45, 7) is 2.75. The fourth-order valence-corrected chi connectivity index (χ4v) is 2.45. The van der Waals surface area contributed by atoms with Crippen LogP contribution < -0.4 is 9.64 Å². The molecule has 1 unspecified atom stereocenters. The van der Waals surface area contributed by atoms with E-state index in [0.717, 1.165) is 35.7 Å². The molecule has 1 aromatic carbocycles. The highest BCUT2D eigenvalue weighted by molar-refractivity contribution is 7.98. The second-order valence-corrected chi connectivity index (χ2v) is 5.32. The van der Waals surface area contributed by atoms with Gasteiger partial charge < -0.3 is 14.7 Å². The molecule has 0 radical (unpaired) electrons. The molecule has 3 nitrogen and oxygen atoms in total. The van der Waals surface area contributed by atoms with Gasteiger partial charge in [-0.25, -0.2) is 0 Å². The number of anilines is 1. The topological polar surface area (TPSA) is 32.7 Å². The van der Waals surface area contributed by atoms with Crippen molar-refractivity contribution in [2.75, 3.05) is 37.6 Å². The van der Waals surface area contributed by atoms with Gasteiger partial charge in [0.15, 0.2) is 0 Å². The van der Waals surface area contributed by atoms with E-state index >= 15 is 0 Å². The summed E-state index contributed by atoms with van der Waals surface area (Å²) in [5.41, 5.74) is 1.91. The number of nitrogens with zero attached hydrogens (tertiary/aromatic N) is 1. The Kier molecular flexibility index (Phi) is 6.36. The SMILES string of the molecule is COc1cccc(N(C)CCCSC)c1C(C)O. The highest BCUT2D eigenvalue weighted by atomic mass is 32.2. The average Bonchev–Trinajstić information content (AvgIpc) is 2.37. The van der Waals surface area contributed by atoms with E-state index in [1.54, 1.807) is 14.0 Å². The van der Waals surface area contributed by atoms with Gasteiger partial charge in [-0.1, -0.05) is 6.07 Å². The Morgan fingerprint density at radius 2 is 2.17 bits per heavy atom. The number of hydrogen-bond acceptors (Lipinski definition) is 4. The van der Waals surface area contributed by atoms with Gasteiger partial charge in [0.05, 0.1) is 13.2 Å². The van der Waals surface area contributed by atoms with Crippen LogP contribution in [0.15, 0.2) is 18.2 Å². The lowest BCUT2D eigenvalue weighted by Gasteiger charge is -2.25. The predicted octanol–water partition coefficient (Wildman–Crippen LogP) is 2.94. The van der Waals surface area contributed by atoms with Crippen LogP contribution in [0.2, 0.25) is 0 Å². The summed E-state index contributed by atoms with van der Waals surface area (Å²) < 4.78 is 5.33. The number of aliphatic hydroxyl groups is 1. The van der Waals surface area contributed by atoms with Crippen molar-refractivity contribution < 1.29 is 9.84 Å². The fourth-order valence-electron chi connectivity index (χ4n) is 2.03. The van der Waals surface area contributed by atoms with Crippen molar-refractivity contribution in [3.05, 3.63) is 23.8 Å². The van der Waals surface area contributed by atoms with Gasteiger partial charge in [-0.05, 0) is 37.5 Å². The standard InChI is InChI=1S/C14H23NO2S/c1-11(16)14-12(7-5-8-13(14)17-3)15(2)9-6-10-18-4/h5,7-8,11,16H,6,9-10H2,1-4H3. The third-order valence-corrected chi connectivity index (χ3v) is 3.63. The van der Waals surface area contributed by atoms with E-state index in [1.807, 2.05) is 30.0 Å². The maximum Gasteiger partial charge on any atom is 0.126 e. The molecule has 0 aromatic heterocycles. The van der Waals surface area contributed by atoms with Crippen molar-refractivity contribution >= 4 is 17.4 Å². The first-order valence-corrected chi connectivity index (χ1v) is 7.56. The molecule has 0 aliphatic carbocycles. The normalized spacial score (nSPS) is 12.3. The number of ether oxygens (including phenoxy) is 1. The minimum absolute atomic E-state index is 0.529. The maximum atomic E-state index is 9.93. The number of thioether (sulfide) groups is 1. The van der Waals surface area contributed by atoms with Crippen molar-refractivity contribution in [2.24, 2.45) is 0 Å². The van der Waals surface area contributed by atoms with Crippen LogP contribution in [0.1, 0.15) is 25.0 Å². The molecule has 0 saturated carbocycles. The van der Waals surface area contributed by atoms with Crippen molar-refractivity contribution in [2.45, 2.75) is 19.4 Å². The zero-order chi connectivity index (χ0) is 13.5. The van der Waals surface area contributed by atoms with Gasteiger partial charge in [-0.2, -0.15) is 11.8 Å². The third-order valence-electron chi connectivity index (χ3n) is 2.93. The monoisotopic (exact) mass is 269 g/mol. The summed E-state index contributed by atoms with van der Waals surface area (Å²) in [7, 11) is 3.69. The van der Waals surface area contributed by atoms with Gasteiger partial charge in [-0.3, -0.25) is 0 Å². The van der Waals surface area contributed by atoms with E-state index in [-0.39, 0.29) is 0 Å². The van der Waals surface area contributed by atoms with Crippen LogP contribution in [0.25, 0.3) is 0 Å². The lowest BCUT2D eigenvalue weighted by Crippen LogP contribution is -2.21. The molecule has 0 saturated heterocycles. The van der Waals surface area contributed by atoms with Crippen LogP contribution in [-0.4, -0.2) is 37.8 Å². The minimum atomic E-state index is -0.529. The molecule has 18 heavy (non-hydrogen) atoms. The van der Waals surface area contributed by atoms with Crippen LogP contribution in [-0.2, 0) is 0 Å². The highest BCUT2D eigenvalue weighted by Crippen LogP contribution is 2.34. The van der Waals surface area contributed by atoms with E-state index < -0.39 is 6.10 Å². The summed E-state index contributed by atoms with van der Waals surface area (Å²) in [6, 6.07) is 5.88. The summed E-state index contributed by atoms with van der Waals surface area (Å²) in [5, 5.41) is 9.93. The van der Waals surface area contributed by atoms with E-state index in [0.29, 0.717) is 0 Å². The molecule has 0 amide bonds. The summed E-state index contributed by atoms with van der Waals surface area (Å²) in [4.78, 5) is 2.18. The first-order chi connectivity index (χ1) is 8.61. The smallest absolute Gasteiger partial charge is 0.126 e. The zero-order valence-corrected chi connectivity index (χ0v) is 12.5. The highest BCUT2D eigenvalue weighted by Gasteiger charge is 2.16. The van der Waals surface area contributed by atoms with Crippen molar-refractivity contribution in [3.63, 3.8) is 0 Å². The first-order valence-electron chi connectivity index (χ1n) is 6.16. The van der Waals surface area contributed by atoms with E-state index in [2.05, 4.69) is 18.2 Å². The molecule has 1 rings (SSSR count). The number of benzene rings is 1. The number of hydrogen-bond donors (Lipinski definition) is 1. The fraction of sp³-hybridized carbons (Fsp3) is 0.571. The van der Waals surface area contributed by atoms with Gasteiger partial charge in [-0.15, -0.1) is 0 Å². The lowest BCUT2D eigenvalue weighted by atomic mass is 10.1. The molecule has 102 valence electrons. The Bertz CT molecular complexity index is 369. The largest absolute Gasteiger partial charge is 0.496 e. The molecule has 1 N–H and O–H groups in total. The Hall–Kier alpha value is -0.870. The summed E-state index contributed by atoms with van der Waals surface area (Å²) in [5.74, 6) is 1.90. The van der Waals surface area contributed by atoms with Gasteiger partial charge >= 0.3 is 0 Å². The summed E-state index contributed by atoms with van der Waals surface area (Å²) >= 11 is 1.86. The lowest BCUT2D eigenvalue weighted by molar-refractivity contribution is 0.194. The van der Waals surface area contributed by atoms with Crippen LogP contribution in [0, 0.1) is 0 Å². The average molecular weight is 269 g/mol. The van der Waals surface area contributed by atoms with Crippen LogP contribution in [0.3, 0.4) is 0 Å². The van der Waals surface area contributed by atoms with E-state index in [1.165, 1.54) is 0 Å². The Morgan fingerprint density at radius 3 is 2.72 bits per heavy atom. The van der Waals surface area contributed by atoms with Crippen molar-refractivity contribution in [1.29, 1.82) is 0 Å². The minimum Gasteiger partial charge on any atom is -0.496 e. The molecule has 0 heterocycles. The predicted molar refractivity (Wildman–Crippen MR) is 79.9 cm³/mol. The van der Waals surface area contributed by atoms with Crippen molar-refractivity contribution in [1.82, 2.24) is 0 Å². The number of methoxy groups -OCH3 is 1. The zero-order valence-electron chi connectivity index (χ0n) is 11.6. The molecule has 0 fully saturated rings. The van der Waals surface area contributed by atoms with E-state index in [4.69, 9.17) is 4.74 Å². The second-order valence-electron chi connectivity index (χ2n) is 4.34. The molecule has 1 aromatic rings. The van der Waals surface area contributed by atoms with Crippen molar-refractivity contribution in [3.8, 4) is 5.75 Å². The summed E-state index contributed by atoms with van der Waals surface area (Å²) in [6.07, 6.45) is 2.72. The molecule has 0 aliphatic heterocycles. The quantitative estimate of drug-likeness (QED) is 0.772. The molecule has 0 aliphatic rings. The van der Waals surface area contributed by atoms with Gasteiger partial charge in [0.1, 0.15) is 5.75 Å². The van der Waals surface area contributed by atoms with Gasteiger partial charge in [0.25, 0.3) is 0 Å². The van der Waals surface area contributed by atoms with Gasteiger partial charge in [0.2, 0.25) is 0 Å². The number of rotatable bonds is 7. The first kappa shape index (κ1) is 15.2. The number of aliphatic hydroxyl groups excluding tert-OH is 1. The molecule has 1 atom stereocenters. The molecule has 0 bridgehead atoms. The Balaban J connectivity index is 2.92. The van der Waals surface area contributed by atoms with Gasteiger partial charge in [0, 0.05) is 24.8 Å². The van der Waals surface area contributed by atoms with E-state index in [9.17, 15) is 5.11 Å². The molecular weight excluding hydrogens is 246 g/mol. The van der Waals surface area contributed by atoms with Crippen LogP contribution >= 0.6 is 11.8 Å². The molecule has 0 spiro atoms. The second kappa shape index (κ2) is 7.54. The third kappa shape index (κ3) is 3.82. The van der Waals surface area contributed by atoms with Crippen LogP contribution in [0.4, 0.5) is 5.69 Å². The maximum absolute atomic E-state index is 9.93.